The molecule has 0 radical (unpaired) electrons. The van der Waals surface area contributed by atoms with Crippen molar-refractivity contribution in [2.45, 2.75) is 6.42 Å². The Balaban J connectivity index is 0.00000312. The highest BCUT2D eigenvalue weighted by molar-refractivity contribution is 6.30. The zero-order valence-corrected chi connectivity index (χ0v) is 15.3. The van der Waals surface area contributed by atoms with Crippen LogP contribution in [0.25, 0.3) is 0 Å². The van der Waals surface area contributed by atoms with E-state index in [0.717, 1.165) is 5.56 Å². The fourth-order valence-electron chi connectivity index (χ4n) is 2.45. The third-order valence-electron chi connectivity index (χ3n) is 3.88. The lowest BCUT2D eigenvalue weighted by Crippen LogP contribution is -2.53. The van der Waals surface area contributed by atoms with Crippen LogP contribution in [-0.2, 0) is 20.8 Å². The van der Waals surface area contributed by atoms with Gasteiger partial charge in [0, 0.05) is 31.2 Å². The molecule has 1 aromatic rings. The lowest BCUT2D eigenvalue weighted by atomic mass is 10.1. The van der Waals surface area contributed by atoms with Gasteiger partial charge in [0.25, 0.3) is 0 Å². The number of nitrogens with zero attached hydrogens (tertiary/aromatic N) is 2. The number of carbonyl (C=O) groups is 3. The average molecular weight is 389 g/mol. The molecule has 9 heteroatoms. The molecule has 0 aromatic heterocycles. The van der Waals surface area contributed by atoms with Gasteiger partial charge in [0.15, 0.2) is 0 Å². The van der Waals surface area contributed by atoms with E-state index in [4.69, 9.17) is 17.3 Å². The second kappa shape index (κ2) is 10.2. The highest BCUT2D eigenvalue weighted by Crippen LogP contribution is 2.12. The summed E-state index contributed by atoms with van der Waals surface area (Å²) in [6.45, 7) is 1.70. The topological polar surface area (TPSA) is 95.7 Å². The van der Waals surface area contributed by atoms with Gasteiger partial charge in [-0.3, -0.25) is 14.4 Å². The molecule has 1 heterocycles. The van der Waals surface area contributed by atoms with Gasteiger partial charge in [-0.25, -0.2) is 0 Å². The molecule has 0 bridgehead atoms. The maximum absolute atomic E-state index is 12.3. The SMILES string of the molecule is Cl.NCC(=O)NCC(=O)N1CCN(C(=O)Cc2ccc(Cl)cc2)CC1. The van der Waals surface area contributed by atoms with E-state index in [1.807, 2.05) is 12.1 Å². The van der Waals surface area contributed by atoms with Gasteiger partial charge in [-0.05, 0) is 17.7 Å². The molecule has 1 fully saturated rings. The van der Waals surface area contributed by atoms with Crippen molar-refractivity contribution in [3.8, 4) is 0 Å². The van der Waals surface area contributed by atoms with Crippen molar-refractivity contribution in [2.24, 2.45) is 5.73 Å². The largest absolute Gasteiger partial charge is 0.346 e. The number of carbonyl (C=O) groups excluding carboxylic acids is 3. The van der Waals surface area contributed by atoms with Crippen LogP contribution >= 0.6 is 24.0 Å². The molecule has 0 saturated carbocycles. The Labute approximate surface area is 157 Å². The Morgan fingerprint density at radius 1 is 1.00 bits per heavy atom. The maximum atomic E-state index is 12.3. The maximum Gasteiger partial charge on any atom is 0.242 e. The van der Waals surface area contributed by atoms with E-state index in [0.29, 0.717) is 37.6 Å². The summed E-state index contributed by atoms with van der Waals surface area (Å²) < 4.78 is 0. The standard InChI is InChI=1S/C16H21ClN4O3.ClH/c17-13-3-1-12(2-4-13)9-15(23)20-5-7-21(8-6-20)16(24)11-19-14(22)10-18;/h1-4H,5-11,18H2,(H,19,22);1H. The molecule has 0 atom stereocenters. The molecule has 7 nitrogen and oxygen atoms in total. The number of amides is 3. The summed E-state index contributed by atoms with van der Waals surface area (Å²) in [4.78, 5) is 38.7. The van der Waals surface area contributed by atoms with Crippen LogP contribution in [0.1, 0.15) is 5.56 Å². The zero-order chi connectivity index (χ0) is 17.5. The molecule has 3 amide bonds. The molecule has 0 unspecified atom stereocenters. The van der Waals surface area contributed by atoms with Crippen LogP contribution in [0.15, 0.2) is 24.3 Å². The Kier molecular flexibility index (Phi) is 8.68. The van der Waals surface area contributed by atoms with Gasteiger partial charge >= 0.3 is 0 Å². The molecule has 138 valence electrons. The van der Waals surface area contributed by atoms with Gasteiger partial charge in [-0.2, -0.15) is 0 Å². The first kappa shape index (κ1) is 21.2. The summed E-state index contributed by atoms with van der Waals surface area (Å²) in [5, 5.41) is 3.09. The van der Waals surface area contributed by atoms with E-state index in [9.17, 15) is 14.4 Å². The first-order valence-corrected chi connectivity index (χ1v) is 8.14. The fraction of sp³-hybridized carbons (Fsp3) is 0.438. The van der Waals surface area contributed by atoms with Gasteiger partial charge in [0.05, 0.1) is 19.5 Å². The monoisotopic (exact) mass is 388 g/mol. The van der Waals surface area contributed by atoms with Crippen molar-refractivity contribution in [2.75, 3.05) is 39.3 Å². The van der Waals surface area contributed by atoms with Crippen molar-refractivity contribution >= 4 is 41.7 Å². The highest BCUT2D eigenvalue weighted by Gasteiger charge is 2.24. The minimum Gasteiger partial charge on any atom is -0.346 e. The number of hydrogen-bond donors (Lipinski definition) is 2. The summed E-state index contributed by atoms with van der Waals surface area (Å²) in [6.07, 6.45) is 0.317. The van der Waals surface area contributed by atoms with Gasteiger partial charge in [0.1, 0.15) is 0 Å². The summed E-state index contributed by atoms with van der Waals surface area (Å²) >= 11 is 5.83. The third-order valence-corrected chi connectivity index (χ3v) is 4.13. The van der Waals surface area contributed by atoms with Crippen molar-refractivity contribution in [3.05, 3.63) is 34.9 Å². The van der Waals surface area contributed by atoms with E-state index in [1.165, 1.54) is 0 Å². The van der Waals surface area contributed by atoms with Crippen molar-refractivity contribution in [3.63, 3.8) is 0 Å². The first-order chi connectivity index (χ1) is 11.5. The van der Waals surface area contributed by atoms with E-state index in [1.54, 1.807) is 21.9 Å². The van der Waals surface area contributed by atoms with Gasteiger partial charge < -0.3 is 20.9 Å². The van der Waals surface area contributed by atoms with E-state index in [2.05, 4.69) is 5.32 Å². The van der Waals surface area contributed by atoms with Crippen molar-refractivity contribution in [1.29, 1.82) is 0 Å². The highest BCUT2D eigenvalue weighted by atomic mass is 35.5. The lowest BCUT2D eigenvalue weighted by Gasteiger charge is -2.35. The summed E-state index contributed by atoms with van der Waals surface area (Å²) in [5.74, 6) is -0.498. The number of benzene rings is 1. The number of halogens is 2. The van der Waals surface area contributed by atoms with Crippen LogP contribution in [0.3, 0.4) is 0 Å². The number of nitrogens with one attached hydrogen (secondary N) is 1. The Morgan fingerprint density at radius 2 is 1.52 bits per heavy atom. The van der Waals surface area contributed by atoms with Crippen molar-refractivity contribution in [1.82, 2.24) is 15.1 Å². The van der Waals surface area contributed by atoms with Gasteiger partial charge in [-0.15, -0.1) is 12.4 Å². The fourth-order valence-corrected chi connectivity index (χ4v) is 2.58. The van der Waals surface area contributed by atoms with Gasteiger partial charge in [0.2, 0.25) is 17.7 Å². The number of rotatable bonds is 5. The summed E-state index contributed by atoms with van der Waals surface area (Å²) in [5.41, 5.74) is 6.08. The molecule has 25 heavy (non-hydrogen) atoms. The smallest absolute Gasteiger partial charge is 0.242 e. The summed E-state index contributed by atoms with van der Waals surface area (Å²) in [7, 11) is 0. The molecule has 3 N–H and O–H groups in total. The van der Waals surface area contributed by atoms with Crippen LogP contribution in [-0.4, -0.2) is 66.8 Å². The Bertz CT molecular complexity index is 602. The normalized spacial score (nSPS) is 13.8. The summed E-state index contributed by atoms with van der Waals surface area (Å²) in [6, 6.07) is 7.19. The molecule has 1 aliphatic rings. The average Bonchev–Trinajstić information content (AvgIpc) is 2.61. The van der Waals surface area contributed by atoms with Crippen LogP contribution in [0.2, 0.25) is 5.02 Å². The molecule has 2 rings (SSSR count). The number of nitrogens with two attached hydrogens (primary N) is 1. The zero-order valence-electron chi connectivity index (χ0n) is 13.7. The molecule has 1 aromatic carbocycles. The van der Waals surface area contributed by atoms with Crippen LogP contribution in [0, 0.1) is 0 Å². The lowest BCUT2D eigenvalue weighted by molar-refractivity contribution is -0.139. The predicted octanol–water partition coefficient (Wildman–Crippen LogP) is 0.0500. The quantitative estimate of drug-likeness (QED) is 0.744. The third kappa shape index (κ3) is 6.53. The Morgan fingerprint density at radius 3 is 2.04 bits per heavy atom. The predicted molar refractivity (Wildman–Crippen MR) is 97.6 cm³/mol. The van der Waals surface area contributed by atoms with Crippen LogP contribution in [0.4, 0.5) is 0 Å². The van der Waals surface area contributed by atoms with Crippen molar-refractivity contribution < 1.29 is 14.4 Å². The number of piperazine rings is 1. The second-order valence-electron chi connectivity index (χ2n) is 5.55. The van der Waals surface area contributed by atoms with Crippen LogP contribution in [0.5, 0.6) is 0 Å². The van der Waals surface area contributed by atoms with E-state index < -0.39 is 0 Å². The molecule has 0 aliphatic carbocycles. The minimum absolute atomic E-state index is 0. The first-order valence-electron chi connectivity index (χ1n) is 7.76. The molecular weight excluding hydrogens is 367 g/mol. The second-order valence-corrected chi connectivity index (χ2v) is 5.98. The number of hydrogen-bond acceptors (Lipinski definition) is 4. The molecule has 1 aliphatic heterocycles. The minimum atomic E-state index is -0.361. The van der Waals surface area contributed by atoms with Crippen LogP contribution < -0.4 is 11.1 Å². The molecular formula is C16H22Cl2N4O3. The van der Waals surface area contributed by atoms with E-state index in [-0.39, 0.29) is 43.2 Å². The Hall–Kier alpha value is -1.83. The molecule has 1 saturated heterocycles. The van der Waals surface area contributed by atoms with Gasteiger partial charge in [-0.1, -0.05) is 23.7 Å². The van der Waals surface area contributed by atoms with E-state index >= 15 is 0 Å². The molecule has 0 spiro atoms.